The molecule has 0 aliphatic carbocycles. The molecule has 0 saturated carbocycles. The summed E-state index contributed by atoms with van der Waals surface area (Å²) in [5.74, 6) is 0.363. The van der Waals surface area contributed by atoms with Crippen molar-refractivity contribution in [1.29, 1.82) is 0 Å². The summed E-state index contributed by atoms with van der Waals surface area (Å²) in [5, 5.41) is 0. The van der Waals surface area contributed by atoms with Crippen LogP contribution in [-0.4, -0.2) is 18.6 Å². The Bertz CT molecular complexity index is 641. The first kappa shape index (κ1) is 16.4. The maximum absolute atomic E-state index is 11.8. The zero-order chi connectivity index (χ0) is 16.5. The number of hydrogen-bond acceptors (Lipinski definition) is 4. The second-order valence-corrected chi connectivity index (χ2v) is 4.60. The quantitative estimate of drug-likeness (QED) is 0.832. The SMILES string of the molecule is CCOC(=O)NNC(=O)c1ccc(COc2ccccc2)cc1. The minimum atomic E-state index is -0.700. The Morgan fingerprint density at radius 3 is 2.30 bits per heavy atom. The van der Waals surface area contributed by atoms with E-state index in [1.807, 2.05) is 30.3 Å². The lowest BCUT2D eigenvalue weighted by Gasteiger charge is -2.08. The molecule has 6 nitrogen and oxygen atoms in total. The zero-order valence-corrected chi connectivity index (χ0v) is 12.7. The number of nitrogens with one attached hydrogen (secondary N) is 2. The number of carbonyl (C=O) groups excluding carboxylic acids is 2. The van der Waals surface area contributed by atoms with Crippen LogP contribution in [0.2, 0.25) is 0 Å². The molecule has 0 spiro atoms. The molecule has 0 fully saturated rings. The highest BCUT2D eigenvalue weighted by Gasteiger charge is 2.07. The number of hydrogen-bond donors (Lipinski definition) is 2. The van der Waals surface area contributed by atoms with Crippen molar-refractivity contribution in [2.45, 2.75) is 13.5 Å². The van der Waals surface area contributed by atoms with Gasteiger partial charge in [0.15, 0.2) is 0 Å². The fourth-order valence-corrected chi connectivity index (χ4v) is 1.78. The van der Waals surface area contributed by atoms with E-state index in [1.54, 1.807) is 31.2 Å². The van der Waals surface area contributed by atoms with Crippen LogP contribution in [0.15, 0.2) is 54.6 Å². The summed E-state index contributed by atoms with van der Waals surface area (Å²) in [7, 11) is 0. The van der Waals surface area contributed by atoms with Gasteiger partial charge in [0.25, 0.3) is 5.91 Å². The van der Waals surface area contributed by atoms with Gasteiger partial charge in [-0.25, -0.2) is 10.2 Å². The lowest BCUT2D eigenvalue weighted by atomic mass is 10.1. The van der Waals surface area contributed by atoms with Gasteiger partial charge in [0.1, 0.15) is 12.4 Å². The summed E-state index contributed by atoms with van der Waals surface area (Å²) in [4.78, 5) is 22.9. The molecule has 120 valence electrons. The van der Waals surface area contributed by atoms with Gasteiger partial charge >= 0.3 is 6.09 Å². The molecule has 0 aromatic heterocycles. The third-order valence-corrected chi connectivity index (χ3v) is 2.92. The smallest absolute Gasteiger partial charge is 0.426 e. The van der Waals surface area contributed by atoms with Gasteiger partial charge in [-0.1, -0.05) is 30.3 Å². The van der Waals surface area contributed by atoms with Crippen LogP contribution in [-0.2, 0) is 11.3 Å². The van der Waals surface area contributed by atoms with Crippen LogP contribution in [0.4, 0.5) is 4.79 Å². The molecule has 2 amide bonds. The molecule has 2 aromatic rings. The second kappa shape index (κ2) is 8.43. The molecular weight excluding hydrogens is 296 g/mol. The normalized spacial score (nSPS) is 9.78. The lowest BCUT2D eigenvalue weighted by molar-refractivity contribution is 0.0912. The lowest BCUT2D eigenvalue weighted by Crippen LogP contribution is -2.41. The predicted molar refractivity (Wildman–Crippen MR) is 84.8 cm³/mol. The van der Waals surface area contributed by atoms with Crippen molar-refractivity contribution in [2.75, 3.05) is 6.61 Å². The van der Waals surface area contributed by atoms with Crippen LogP contribution < -0.4 is 15.6 Å². The van der Waals surface area contributed by atoms with E-state index in [4.69, 9.17) is 4.74 Å². The molecule has 2 aromatic carbocycles. The molecule has 0 heterocycles. The van der Waals surface area contributed by atoms with Crippen molar-refractivity contribution in [3.05, 3.63) is 65.7 Å². The second-order valence-electron chi connectivity index (χ2n) is 4.60. The molecular formula is C17H18N2O4. The van der Waals surface area contributed by atoms with Crippen LogP contribution in [0.3, 0.4) is 0 Å². The summed E-state index contributed by atoms with van der Waals surface area (Å²) in [6, 6.07) is 16.4. The molecule has 0 aliphatic heterocycles. The molecule has 23 heavy (non-hydrogen) atoms. The third-order valence-electron chi connectivity index (χ3n) is 2.92. The Kier molecular flexibility index (Phi) is 5.99. The Morgan fingerprint density at radius 2 is 1.65 bits per heavy atom. The van der Waals surface area contributed by atoms with E-state index in [0.29, 0.717) is 12.2 Å². The monoisotopic (exact) mass is 314 g/mol. The number of ether oxygens (including phenoxy) is 2. The van der Waals surface area contributed by atoms with Gasteiger partial charge in [0.05, 0.1) is 6.61 Å². The molecule has 0 aliphatic rings. The summed E-state index contributed by atoms with van der Waals surface area (Å²) in [5.41, 5.74) is 5.78. The van der Waals surface area contributed by atoms with Gasteiger partial charge < -0.3 is 9.47 Å². The molecule has 2 rings (SSSR count). The van der Waals surface area contributed by atoms with Crippen LogP contribution in [0, 0.1) is 0 Å². The number of hydrazine groups is 1. The van der Waals surface area contributed by atoms with Gasteiger partial charge in [-0.2, -0.15) is 0 Å². The van der Waals surface area contributed by atoms with E-state index in [-0.39, 0.29) is 6.61 Å². The minimum absolute atomic E-state index is 0.234. The van der Waals surface area contributed by atoms with Crippen LogP contribution in [0.25, 0.3) is 0 Å². The van der Waals surface area contributed by atoms with Crippen LogP contribution in [0.1, 0.15) is 22.8 Å². The maximum atomic E-state index is 11.8. The average molecular weight is 314 g/mol. The molecule has 2 N–H and O–H groups in total. The van der Waals surface area contributed by atoms with Gasteiger partial charge in [-0.3, -0.25) is 10.2 Å². The highest BCUT2D eigenvalue weighted by atomic mass is 16.6. The first-order valence-corrected chi connectivity index (χ1v) is 7.19. The van der Waals surface area contributed by atoms with Crippen molar-refractivity contribution in [3.63, 3.8) is 0 Å². The van der Waals surface area contributed by atoms with Crippen molar-refractivity contribution in [3.8, 4) is 5.75 Å². The summed E-state index contributed by atoms with van der Waals surface area (Å²) < 4.78 is 10.3. The molecule has 0 radical (unpaired) electrons. The molecule has 6 heteroatoms. The Hall–Kier alpha value is -3.02. The Labute approximate surface area is 134 Å². The zero-order valence-electron chi connectivity index (χ0n) is 12.7. The maximum Gasteiger partial charge on any atom is 0.426 e. The van der Waals surface area contributed by atoms with Crippen molar-refractivity contribution >= 4 is 12.0 Å². The number of benzene rings is 2. The third kappa shape index (κ3) is 5.35. The minimum Gasteiger partial charge on any atom is -0.489 e. The Balaban J connectivity index is 1.84. The van der Waals surface area contributed by atoms with Crippen molar-refractivity contribution < 1.29 is 19.1 Å². The Morgan fingerprint density at radius 1 is 0.957 bits per heavy atom. The van der Waals surface area contributed by atoms with E-state index < -0.39 is 12.0 Å². The average Bonchev–Trinajstić information content (AvgIpc) is 2.59. The predicted octanol–water partition coefficient (Wildman–Crippen LogP) is 2.66. The number of rotatable bonds is 5. The van der Waals surface area contributed by atoms with Crippen LogP contribution in [0.5, 0.6) is 5.75 Å². The fourth-order valence-electron chi connectivity index (χ4n) is 1.78. The summed E-state index contributed by atoms with van der Waals surface area (Å²) in [6.07, 6.45) is -0.700. The van der Waals surface area contributed by atoms with E-state index in [9.17, 15) is 9.59 Å². The fraction of sp³-hybridized carbons (Fsp3) is 0.176. The highest BCUT2D eigenvalue weighted by molar-refractivity contribution is 5.94. The number of para-hydroxylation sites is 1. The van der Waals surface area contributed by atoms with E-state index in [0.717, 1.165) is 11.3 Å². The van der Waals surface area contributed by atoms with Gasteiger partial charge in [0.2, 0.25) is 0 Å². The standard InChI is InChI=1S/C17H18N2O4/c1-2-22-17(21)19-18-16(20)14-10-8-13(9-11-14)12-23-15-6-4-3-5-7-15/h3-11H,2,12H2,1H3,(H,18,20)(H,19,21). The van der Waals surface area contributed by atoms with Crippen LogP contribution >= 0.6 is 0 Å². The largest absolute Gasteiger partial charge is 0.489 e. The highest BCUT2D eigenvalue weighted by Crippen LogP contribution is 2.12. The molecule has 0 atom stereocenters. The summed E-state index contributed by atoms with van der Waals surface area (Å²) >= 11 is 0. The number of carbonyl (C=O) groups is 2. The first-order valence-electron chi connectivity index (χ1n) is 7.19. The van der Waals surface area contributed by atoms with E-state index in [2.05, 4.69) is 15.6 Å². The number of amides is 2. The van der Waals surface area contributed by atoms with E-state index in [1.165, 1.54) is 0 Å². The van der Waals surface area contributed by atoms with Crippen molar-refractivity contribution in [2.24, 2.45) is 0 Å². The van der Waals surface area contributed by atoms with E-state index >= 15 is 0 Å². The molecule has 0 unspecified atom stereocenters. The molecule has 0 saturated heterocycles. The van der Waals surface area contributed by atoms with Crippen molar-refractivity contribution in [1.82, 2.24) is 10.9 Å². The summed E-state index contributed by atoms with van der Waals surface area (Å²) in [6.45, 7) is 2.32. The topological polar surface area (TPSA) is 76.7 Å². The molecule has 0 bridgehead atoms. The van der Waals surface area contributed by atoms with Gasteiger partial charge in [-0.05, 0) is 36.8 Å². The first-order chi connectivity index (χ1) is 11.2. The van der Waals surface area contributed by atoms with Gasteiger partial charge in [-0.15, -0.1) is 0 Å². The van der Waals surface area contributed by atoms with Gasteiger partial charge in [0, 0.05) is 5.56 Å².